The van der Waals surface area contributed by atoms with Crippen LogP contribution in [0.25, 0.3) is 0 Å². The van der Waals surface area contributed by atoms with Gasteiger partial charge in [0.2, 0.25) is 0 Å². The van der Waals surface area contributed by atoms with Crippen molar-refractivity contribution in [1.29, 1.82) is 0 Å². The van der Waals surface area contributed by atoms with Crippen molar-refractivity contribution in [2.45, 2.75) is 33.2 Å². The molecule has 0 unspecified atom stereocenters. The molecule has 2 aromatic rings. The molecule has 2 rings (SSSR count). The molecule has 7 nitrogen and oxygen atoms in total. The van der Waals surface area contributed by atoms with E-state index >= 15 is 0 Å². The molecule has 8 heteroatoms. The fraction of sp³-hybridized carbons (Fsp3) is 0.353. The number of nitrogens with zero attached hydrogens (tertiary/aromatic N) is 2. The van der Waals surface area contributed by atoms with E-state index in [9.17, 15) is 9.59 Å². The number of halogens is 1. The van der Waals surface area contributed by atoms with Gasteiger partial charge in [0.15, 0.2) is 6.61 Å². The van der Waals surface area contributed by atoms with E-state index in [1.807, 2.05) is 0 Å². The van der Waals surface area contributed by atoms with Gasteiger partial charge in [-0.25, -0.2) is 0 Å². The number of anilines is 1. The fourth-order valence-electron chi connectivity index (χ4n) is 2.28. The van der Waals surface area contributed by atoms with Gasteiger partial charge in [-0.3, -0.25) is 14.3 Å². The Hall–Kier alpha value is -2.54. The maximum atomic E-state index is 12.6. The van der Waals surface area contributed by atoms with Crippen molar-refractivity contribution in [3.63, 3.8) is 0 Å². The highest BCUT2D eigenvalue weighted by Crippen LogP contribution is 2.23. The zero-order chi connectivity index (χ0) is 18.4. The third-order valence-corrected chi connectivity index (χ3v) is 3.87. The Labute approximate surface area is 151 Å². The minimum Gasteiger partial charge on any atom is -0.484 e. The van der Waals surface area contributed by atoms with Crippen LogP contribution in [0.5, 0.6) is 5.75 Å². The monoisotopic (exact) mass is 364 g/mol. The quantitative estimate of drug-likeness (QED) is 0.752. The Morgan fingerprint density at radius 2 is 2.16 bits per heavy atom. The lowest BCUT2D eigenvalue weighted by Gasteiger charge is -2.08. The summed E-state index contributed by atoms with van der Waals surface area (Å²) in [4.78, 5) is 23.3. The van der Waals surface area contributed by atoms with Crippen molar-refractivity contribution in [2.24, 2.45) is 5.73 Å². The highest BCUT2D eigenvalue weighted by molar-refractivity contribution is 6.33. The SMILES string of the molecule is CCCCn1nc(C)c(C(=O)Nc2cccc(OCC(N)=O)c2)c1Cl. The molecule has 134 valence electrons. The number of nitrogens with two attached hydrogens (primary N) is 1. The number of aryl methyl sites for hydroxylation is 2. The van der Waals surface area contributed by atoms with E-state index < -0.39 is 5.91 Å². The highest BCUT2D eigenvalue weighted by Gasteiger charge is 2.20. The minimum atomic E-state index is -0.573. The number of carbonyl (C=O) groups excluding carboxylic acids is 2. The number of unbranched alkanes of at least 4 members (excludes halogenated alkanes) is 1. The number of primary amides is 1. The van der Waals surface area contributed by atoms with Gasteiger partial charge in [-0.2, -0.15) is 5.10 Å². The van der Waals surface area contributed by atoms with Gasteiger partial charge in [0.1, 0.15) is 10.9 Å². The van der Waals surface area contributed by atoms with Crippen LogP contribution >= 0.6 is 11.6 Å². The highest BCUT2D eigenvalue weighted by atomic mass is 35.5. The molecule has 0 aliphatic heterocycles. The minimum absolute atomic E-state index is 0.230. The summed E-state index contributed by atoms with van der Waals surface area (Å²) in [6, 6.07) is 6.68. The van der Waals surface area contributed by atoms with Gasteiger partial charge in [0.25, 0.3) is 11.8 Å². The Morgan fingerprint density at radius 3 is 2.84 bits per heavy atom. The molecule has 0 spiro atoms. The number of ether oxygens (including phenoxy) is 1. The molecule has 3 N–H and O–H groups in total. The lowest BCUT2D eigenvalue weighted by Crippen LogP contribution is -2.20. The van der Waals surface area contributed by atoms with Gasteiger partial charge in [0.05, 0.1) is 11.3 Å². The van der Waals surface area contributed by atoms with Gasteiger partial charge in [-0.1, -0.05) is 31.0 Å². The van der Waals surface area contributed by atoms with Crippen molar-refractivity contribution < 1.29 is 14.3 Å². The second-order valence-corrected chi connectivity index (χ2v) is 5.92. The van der Waals surface area contributed by atoms with Gasteiger partial charge >= 0.3 is 0 Å². The summed E-state index contributed by atoms with van der Waals surface area (Å²) in [6.07, 6.45) is 1.94. The predicted molar refractivity (Wildman–Crippen MR) is 96.0 cm³/mol. The fourth-order valence-corrected chi connectivity index (χ4v) is 2.62. The number of hydrogen-bond acceptors (Lipinski definition) is 4. The van der Waals surface area contributed by atoms with Crippen LogP contribution < -0.4 is 15.8 Å². The topological polar surface area (TPSA) is 99.2 Å². The molecule has 0 aliphatic rings. The van der Waals surface area contributed by atoms with E-state index in [2.05, 4.69) is 17.3 Å². The maximum Gasteiger partial charge on any atom is 0.260 e. The first-order valence-corrected chi connectivity index (χ1v) is 8.35. The molecule has 0 atom stereocenters. The first-order valence-electron chi connectivity index (χ1n) is 7.97. The van der Waals surface area contributed by atoms with Crippen molar-refractivity contribution in [3.8, 4) is 5.75 Å². The molecule has 1 aromatic carbocycles. The first kappa shape index (κ1) is 18.8. The molecular weight excluding hydrogens is 344 g/mol. The molecule has 0 saturated carbocycles. The smallest absolute Gasteiger partial charge is 0.260 e. The second kappa shape index (κ2) is 8.53. The number of rotatable bonds is 8. The van der Waals surface area contributed by atoms with Crippen LogP contribution in [-0.2, 0) is 11.3 Å². The number of amides is 2. The number of aromatic nitrogens is 2. The Kier molecular flexibility index (Phi) is 6.41. The molecule has 0 saturated heterocycles. The van der Waals surface area contributed by atoms with E-state index in [0.717, 1.165) is 12.8 Å². The Bertz CT molecular complexity index is 773. The predicted octanol–water partition coefficient (Wildman–Crippen LogP) is 2.76. The third kappa shape index (κ3) is 4.96. The van der Waals surface area contributed by atoms with Gasteiger partial charge in [-0.05, 0) is 25.5 Å². The van der Waals surface area contributed by atoms with Crippen LogP contribution in [0.1, 0.15) is 35.8 Å². The lowest BCUT2D eigenvalue weighted by molar-refractivity contribution is -0.119. The lowest BCUT2D eigenvalue weighted by atomic mass is 10.2. The number of benzene rings is 1. The molecule has 0 fully saturated rings. The summed E-state index contributed by atoms with van der Waals surface area (Å²) < 4.78 is 6.86. The van der Waals surface area contributed by atoms with Gasteiger partial charge in [0, 0.05) is 18.3 Å². The van der Waals surface area contributed by atoms with Crippen LogP contribution in [0.3, 0.4) is 0 Å². The summed E-state index contributed by atoms with van der Waals surface area (Å²) >= 11 is 6.31. The van der Waals surface area contributed by atoms with Crippen LogP contribution in [0.2, 0.25) is 5.15 Å². The molecule has 0 aliphatic carbocycles. The van der Waals surface area contributed by atoms with Crippen LogP contribution in [0.15, 0.2) is 24.3 Å². The summed E-state index contributed by atoms with van der Waals surface area (Å²) in [7, 11) is 0. The average Bonchev–Trinajstić information content (AvgIpc) is 2.85. The van der Waals surface area contributed by atoms with Crippen molar-refractivity contribution >= 4 is 29.1 Å². The number of nitrogens with one attached hydrogen (secondary N) is 1. The standard InChI is InChI=1S/C17H21ClN4O3/c1-3-4-8-22-16(18)15(11(2)21-22)17(24)20-12-6-5-7-13(9-12)25-10-14(19)23/h5-7,9H,3-4,8,10H2,1-2H3,(H2,19,23)(H,20,24). The summed E-state index contributed by atoms with van der Waals surface area (Å²) in [5.41, 5.74) is 6.48. The number of carbonyl (C=O) groups is 2. The van der Waals surface area contributed by atoms with Crippen LogP contribution in [-0.4, -0.2) is 28.2 Å². The summed E-state index contributed by atoms with van der Waals surface area (Å²) in [5.74, 6) is -0.494. The normalized spacial score (nSPS) is 10.5. The maximum absolute atomic E-state index is 12.6. The molecule has 0 radical (unpaired) electrons. The molecule has 1 aromatic heterocycles. The van der Waals surface area contributed by atoms with Crippen LogP contribution in [0.4, 0.5) is 5.69 Å². The largest absolute Gasteiger partial charge is 0.484 e. The summed E-state index contributed by atoms with van der Waals surface area (Å²) in [6.45, 7) is 4.26. The van der Waals surface area contributed by atoms with Gasteiger partial charge < -0.3 is 15.8 Å². The van der Waals surface area contributed by atoms with E-state index in [1.165, 1.54) is 0 Å². The van der Waals surface area contributed by atoms with Crippen molar-refractivity contribution in [2.75, 3.05) is 11.9 Å². The van der Waals surface area contributed by atoms with Crippen molar-refractivity contribution in [3.05, 3.63) is 40.7 Å². The van der Waals surface area contributed by atoms with E-state index in [-0.39, 0.29) is 12.5 Å². The molecular formula is C17H21ClN4O3. The zero-order valence-corrected chi connectivity index (χ0v) is 15.0. The Morgan fingerprint density at radius 1 is 1.40 bits per heavy atom. The molecule has 1 heterocycles. The van der Waals surface area contributed by atoms with E-state index in [4.69, 9.17) is 22.1 Å². The zero-order valence-electron chi connectivity index (χ0n) is 14.2. The second-order valence-electron chi connectivity index (χ2n) is 5.56. The molecule has 25 heavy (non-hydrogen) atoms. The van der Waals surface area contributed by atoms with Crippen LogP contribution in [0, 0.1) is 6.92 Å². The third-order valence-electron chi connectivity index (χ3n) is 3.49. The van der Waals surface area contributed by atoms with E-state index in [1.54, 1.807) is 35.9 Å². The molecule has 2 amide bonds. The van der Waals surface area contributed by atoms with Crippen molar-refractivity contribution in [1.82, 2.24) is 9.78 Å². The first-order chi connectivity index (χ1) is 11.9. The Balaban J connectivity index is 2.13. The molecule has 0 bridgehead atoms. The number of hydrogen-bond donors (Lipinski definition) is 2. The van der Waals surface area contributed by atoms with E-state index in [0.29, 0.717) is 34.4 Å². The average molecular weight is 365 g/mol. The summed E-state index contributed by atoms with van der Waals surface area (Å²) in [5, 5.41) is 7.41. The van der Waals surface area contributed by atoms with Gasteiger partial charge in [-0.15, -0.1) is 0 Å².